The fraction of sp³-hybridized carbons (Fsp3) is 0.955. The second-order valence-corrected chi connectivity index (χ2v) is 9.76. The molecule has 1 aliphatic carbocycles. The van der Waals surface area contributed by atoms with Crippen LogP contribution in [0.1, 0.15) is 57.8 Å². The average Bonchev–Trinajstić information content (AvgIpc) is 3.30. The second kappa shape index (κ2) is 8.79. The van der Waals surface area contributed by atoms with E-state index in [-0.39, 0.29) is 0 Å². The van der Waals surface area contributed by atoms with Crippen molar-refractivity contribution in [3.63, 3.8) is 0 Å². The van der Waals surface area contributed by atoms with Gasteiger partial charge in [0.05, 0.1) is 13.2 Å². The number of amides is 1. The van der Waals surface area contributed by atoms with E-state index in [9.17, 15) is 4.79 Å². The summed E-state index contributed by atoms with van der Waals surface area (Å²) in [5.74, 6) is 1.25. The van der Waals surface area contributed by atoms with Crippen LogP contribution in [0.2, 0.25) is 0 Å². The highest BCUT2D eigenvalue weighted by atomic mass is 16.5. The Morgan fingerprint density at radius 2 is 1.78 bits per heavy atom. The molecule has 5 heteroatoms. The maximum atomic E-state index is 12.6. The van der Waals surface area contributed by atoms with Gasteiger partial charge in [0.15, 0.2) is 0 Å². The number of carbonyl (C=O) groups is 1. The first-order valence-electron chi connectivity index (χ1n) is 11.4. The molecule has 4 fully saturated rings. The van der Waals surface area contributed by atoms with Crippen molar-refractivity contribution in [2.24, 2.45) is 11.3 Å². The molecule has 0 radical (unpaired) electrons. The highest BCUT2D eigenvalue weighted by molar-refractivity contribution is 5.76. The smallest absolute Gasteiger partial charge is 0.222 e. The van der Waals surface area contributed by atoms with Crippen LogP contribution in [-0.4, -0.2) is 86.2 Å². The molecule has 1 saturated carbocycles. The van der Waals surface area contributed by atoms with Crippen LogP contribution in [0.25, 0.3) is 0 Å². The molecule has 0 bridgehead atoms. The number of hydrogen-bond acceptors (Lipinski definition) is 4. The van der Waals surface area contributed by atoms with Gasteiger partial charge in [0, 0.05) is 51.7 Å². The number of likely N-dealkylation sites (N-methyl/N-ethyl adjacent to an activating group) is 1. The predicted octanol–water partition coefficient (Wildman–Crippen LogP) is 2.60. The summed E-state index contributed by atoms with van der Waals surface area (Å²) in [6.45, 7) is 8.32. The third-order valence-electron chi connectivity index (χ3n) is 7.87. The zero-order valence-electron chi connectivity index (χ0n) is 17.3. The second-order valence-electron chi connectivity index (χ2n) is 9.76. The number of ether oxygens (including phenoxy) is 1. The van der Waals surface area contributed by atoms with Crippen molar-refractivity contribution in [2.75, 3.05) is 59.5 Å². The summed E-state index contributed by atoms with van der Waals surface area (Å²) in [7, 11) is 2.30. The van der Waals surface area contributed by atoms with Crippen LogP contribution in [0.5, 0.6) is 0 Å². The van der Waals surface area contributed by atoms with Crippen LogP contribution >= 0.6 is 0 Å². The molecule has 3 heterocycles. The van der Waals surface area contributed by atoms with Gasteiger partial charge in [0.2, 0.25) is 5.91 Å². The van der Waals surface area contributed by atoms with E-state index in [0.717, 1.165) is 58.2 Å². The minimum absolute atomic E-state index is 0.424. The Labute approximate surface area is 165 Å². The van der Waals surface area contributed by atoms with Gasteiger partial charge in [-0.3, -0.25) is 9.69 Å². The van der Waals surface area contributed by atoms with E-state index in [1.54, 1.807) is 0 Å². The van der Waals surface area contributed by atoms with Crippen molar-refractivity contribution in [3.05, 3.63) is 0 Å². The van der Waals surface area contributed by atoms with Gasteiger partial charge in [0.25, 0.3) is 0 Å². The highest BCUT2D eigenvalue weighted by Gasteiger charge is 2.45. The molecule has 1 amide bonds. The lowest BCUT2D eigenvalue weighted by Crippen LogP contribution is -2.44. The molecule has 4 aliphatic rings. The molecular formula is C22H39N3O2. The van der Waals surface area contributed by atoms with Crippen LogP contribution in [0.3, 0.4) is 0 Å². The van der Waals surface area contributed by atoms with Crippen molar-refractivity contribution in [1.82, 2.24) is 14.7 Å². The molecule has 0 aromatic carbocycles. The van der Waals surface area contributed by atoms with Crippen molar-refractivity contribution in [2.45, 2.75) is 63.8 Å². The van der Waals surface area contributed by atoms with E-state index < -0.39 is 0 Å². The zero-order valence-corrected chi connectivity index (χ0v) is 17.3. The number of morpholine rings is 1. The Balaban J connectivity index is 1.22. The third kappa shape index (κ3) is 4.86. The summed E-state index contributed by atoms with van der Waals surface area (Å²) < 4.78 is 5.49. The molecular weight excluding hydrogens is 338 g/mol. The van der Waals surface area contributed by atoms with E-state index in [2.05, 4.69) is 21.7 Å². The van der Waals surface area contributed by atoms with E-state index in [4.69, 9.17) is 4.74 Å². The Morgan fingerprint density at radius 1 is 1.07 bits per heavy atom. The van der Waals surface area contributed by atoms with Gasteiger partial charge in [-0.25, -0.2) is 0 Å². The number of likely N-dealkylation sites (tertiary alicyclic amines) is 2. The lowest BCUT2D eigenvalue weighted by molar-refractivity contribution is -0.133. The fourth-order valence-electron chi connectivity index (χ4n) is 6.04. The largest absolute Gasteiger partial charge is 0.379 e. The average molecular weight is 378 g/mol. The quantitative estimate of drug-likeness (QED) is 0.738. The Bertz CT molecular complexity index is 492. The maximum absolute atomic E-state index is 12.6. The molecule has 3 saturated heterocycles. The summed E-state index contributed by atoms with van der Waals surface area (Å²) in [5.41, 5.74) is 0.452. The van der Waals surface area contributed by atoms with Crippen LogP contribution in [0.4, 0.5) is 0 Å². The summed E-state index contributed by atoms with van der Waals surface area (Å²) in [4.78, 5) is 20.0. The first kappa shape index (κ1) is 19.7. The van der Waals surface area contributed by atoms with Gasteiger partial charge in [-0.05, 0) is 44.1 Å². The SMILES string of the molecule is CN1CC2(CCN(C(=O)CCC3CCCC3)CC2)CC1CN1CCOCC1. The van der Waals surface area contributed by atoms with Gasteiger partial charge in [-0.2, -0.15) is 0 Å². The van der Waals surface area contributed by atoms with Crippen LogP contribution < -0.4 is 0 Å². The number of carbonyl (C=O) groups excluding carboxylic acids is 1. The first-order chi connectivity index (χ1) is 13.1. The number of piperidine rings is 1. The molecule has 1 spiro atoms. The molecule has 4 rings (SSSR count). The molecule has 0 aromatic rings. The molecule has 1 unspecified atom stereocenters. The summed E-state index contributed by atoms with van der Waals surface area (Å²) in [6.07, 6.45) is 11.1. The molecule has 3 aliphatic heterocycles. The van der Waals surface area contributed by atoms with Crippen molar-refractivity contribution >= 4 is 5.91 Å². The van der Waals surface area contributed by atoms with E-state index in [0.29, 0.717) is 17.4 Å². The number of rotatable bonds is 5. The predicted molar refractivity (Wildman–Crippen MR) is 108 cm³/mol. The third-order valence-corrected chi connectivity index (χ3v) is 7.87. The van der Waals surface area contributed by atoms with Gasteiger partial charge in [0.1, 0.15) is 0 Å². The maximum Gasteiger partial charge on any atom is 0.222 e. The topological polar surface area (TPSA) is 36.0 Å². The van der Waals surface area contributed by atoms with E-state index >= 15 is 0 Å². The van der Waals surface area contributed by atoms with Crippen molar-refractivity contribution in [3.8, 4) is 0 Å². The lowest BCUT2D eigenvalue weighted by atomic mass is 9.76. The normalized spacial score (nSPS) is 30.4. The Hall–Kier alpha value is -0.650. The molecule has 27 heavy (non-hydrogen) atoms. The summed E-state index contributed by atoms with van der Waals surface area (Å²) in [6, 6.07) is 0.674. The van der Waals surface area contributed by atoms with Crippen LogP contribution in [-0.2, 0) is 9.53 Å². The standard InChI is InChI=1S/C22H39N3O2/c1-23-18-22(16-20(23)17-24-12-14-27-15-13-24)8-10-25(11-9-22)21(26)7-6-19-4-2-3-5-19/h19-20H,2-18H2,1H3. The van der Waals surface area contributed by atoms with Crippen molar-refractivity contribution < 1.29 is 9.53 Å². The summed E-state index contributed by atoms with van der Waals surface area (Å²) >= 11 is 0. The number of nitrogens with zero attached hydrogens (tertiary/aromatic N) is 3. The molecule has 0 N–H and O–H groups in total. The Kier molecular flexibility index (Phi) is 6.40. The molecule has 5 nitrogen and oxygen atoms in total. The molecule has 154 valence electrons. The Morgan fingerprint density at radius 3 is 2.48 bits per heavy atom. The lowest BCUT2D eigenvalue weighted by Gasteiger charge is -2.39. The number of hydrogen-bond donors (Lipinski definition) is 0. The minimum Gasteiger partial charge on any atom is -0.379 e. The van der Waals surface area contributed by atoms with Crippen molar-refractivity contribution in [1.29, 1.82) is 0 Å². The summed E-state index contributed by atoms with van der Waals surface area (Å²) in [5, 5.41) is 0. The van der Waals surface area contributed by atoms with Crippen LogP contribution in [0, 0.1) is 11.3 Å². The first-order valence-corrected chi connectivity index (χ1v) is 11.4. The molecule has 0 aromatic heterocycles. The zero-order chi connectivity index (χ0) is 18.7. The van der Waals surface area contributed by atoms with E-state index in [1.807, 2.05) is 0 Å². The highest BCUT2D eigenvalue weighted by Crippen LogP contribution is 2.43. The minimum atomic E-state index is 0.424. The van der Waals surface area contributed by atoms with Gasteiger partial charge in [-0.15, -0.1) is 0 Å². The van der Waals surface area contributed by atoms with Crippen LogP contribution in [0.15, 0.2) is 0 Å². The molecule has 1 atom stereocenters. The van der Waals surface area contributed by atoms with Gasteiger partial charge >= 0.3 is 0 Å². The van der Waals surface area contributed by atoms with Gasteiger partial charge in [-0.1, -0.05) is 25.7 Å². The fourth-order valence-corrected chi connectivity index (χ4v) is 6.04. The van der Waals surface area contributed by atoms with Gasteiger partial charge < -0.3 is 14.5 Å². The van der Waals surface area contributed by atoms with E-state index in [1.165, 1.54) is 58.0 Å². The monoisotopic (exact) mass is 377 g/mol.